The minimum atomic E-state index is -3.71. The van der Waals surface area contributed by atoms with Gasteiger partial charge in [0.15, 0.2) is 0 Å². The maximum Gasteiger partial charge on any atom is 0.235 e. The van der Waals surface area contributed by atoms with Crippen LogP contribution in [-0.2, 0) is 21.2 Å². The lowest BCUT2D eigenvalue weighted by Gasteiger charge is -2.05. The monoisotopic (exact) mass is 481 g/mol. The van der Waals surface area contributed by atoms with E-state index in [4.69, 9.17) is 11.6 Å². The Labute approximate surface area is 176 Å². The summed E-state index contributed by atoms with van der Waals surface area (Å²) in [5.74, 6) is -0.831. The minimum Gasteiger partial charge on any atom is -0.274 e. The highest BCUT2D eigenvalue weighted by Crippen LogP contribution is 2.26. The van der Waals surface area contributed by atoms with Crippen molar-refractivity contribution in [2.24, 2.45) is 0 Å². The van der Waals surface area contributed by atoms with Gasteiger partial charge in [0.2, 0.25) is 15.9 Å². The average molecular weight is 483 g/mol. The summed E-state index contributed by atoms with van der Waals surface area (Å²) in [6.45, 7) is 1.17. The maximum absolute atomic E-state index is 12.0. The molecule has 0 aliphatic rings. The molecular weight excluding hydrogens is 466 g/mol. The summed E-state index contributed by atoms with van der Waals surface area (Å²) in [7, 11) is -3.71. The third-order valence-electron chi connectivity index (χ3n) is 3.94. The normalized spacial score (nSPS) is 11.4. The van der Waals surface area contributed by atoms with Crippen LogP contribution in [0.2, 0.25) is 5.02 Å². The fraction of sp³-hybridized carbons (Fsp3) is 0.158. The number of nitrogens with zero attached hydrogens (tertiary/aromatic N) is 2. The van der Waals surface area contributed by atoms with Crippen molar-refractivity contribution in [1.29, 1.82) is 0 Å². The summed E-state index contributed by atoms with van der Waals surface area (Å²) in [5.41, 5.74) is 3.08. The van der Waals surface area contributed by atoms with Crippen LogP contribution in [0.4, 0.5) is 0 Å². The molecule has 1 heterocycles. The summed E-state index contributed by atoms with van der Waals surface area (Å²) in [4.78, 5) is 11.1. The van der Waals surface area contributed by atoms with Crippen LogP contribution < -0.4 is 4.72 Å². The van der Waals surface area contributed by atoms with Crippen LogP contribution >= 0.6 is 27.5 Å². The smallest absolute Gasteiger partial charge is 0.235 e. The zero-order valence-electron chi connectivity index (χ0n) is 14.9. The molecule has 6 nitrogen and oxygen atoms in total. The lowest BCUT2D eigenvalue weighted by atomic mass is 10.1. The van der Waals surface area contributed by atoms with Gasteiger partial charge in [-0.2, -0.15) is 5.10 Å². The quantitative estimate of drug-likeness (QED) is 0.576. The second-order valence-electron chi connectivity index (χ2n) is 6.16. The largest absolute Gasteiger partial charge is 0.274 e. The first kappa shape index (κ1) is 20.6. The number of carbonyl (C=O) groups is 1. The molecule has 3 aromatic rings. The number of hydrogen-bond acceptors (Lipinski definition) is 4. The van der Waals surface area contributed by atoms with E-state index in [1.54, 1.807) is 23.0 Å². The number of rotatable bonds is 6. The molecule has 0 aliphatic heterocycles. The number of aromatic nitrogens is 2. The van der Waals surface area contributed by atoms with E-state index < -0.39 is 15.9 Å². The van der Waals surface area contributed by atoms with E-state index >= 15 is 0 Å². The molecule has 2 aromatic carbocycles. The molecule has 0 saturated heterocycles. The summed E-state index contributed by atoms with van der Waals surface area (Å²) in [6.07, 6.45) is 2.01. The first-order valence-electron chi connectivity index (χ1n) is 8.35. The van der Waals surface area contributed by atoms with Crippen LogP contribution in [0.1, 0.15) is 12.5 Å². The van der Waals surface area contributed by atoms with Crippen molar-refractivity contribution >= 4 is 43.5 Å². The van der Waals surface area contributed by atoms with E-state index in [0.717, 1.165) is 21.3 Å². The standard InChI is InChI=1S/C19H17BrClN3O3S/c1-13(25)23-28(26,27)11-10-15-12-24(18-8-4-16(20)5-9-18)22-19(15)14-2-6-17(21)7-3-14/h2-9,12H,10-11H2,1H3,(H,23,25). The van der Waals surface area contributed by atoms with Crippen molar-refractivity contribution in [3.63, 3.8) is 0 Å². The highest BCUT2D eigenvalue weighted by molar-refractivity contribution is 9.10. The molecule has 9 heteroatoms. The molecule has 1 amide bonds. The number of nitrogens with one attached hydrogen (secondary N) is 1. The summed E-state index contributed by atoms with van der Waals surface area (Å²) in [5, 5.41) is 5.25. The van der Waals surface area contributed by atoms with Crippen molar-refractivity contribution in [3.8, 4) is 16.9 Å². The van der Waals surface area contributed by atoms with Gasteiger partial charge in [0.25, 0.3) is 0 Å². The molecule has 146 valence electrons. The van der Waals surface area contributed by atoms with Crippen LogP contribution in [0.25, 0.3) is 16.9 Å². The summed E-state index contributed by atoms with van der Waals surface area (Å²) >= 11 is 9.38. The second-order valence-corrected chi connectivity index (χ2v) is 9.35. The first-order valence-corrected chi connectivity index (χ1v) is 11.2. The zero-order valence-corrected chi connectivity index (χ0v) is 18.1. The molecule has 0 unspecified atom stereocenters. The number of aryl methyl sites for hydroxylation is 1. The Kier molecular flexibility index (Phi) is 6.22. The first-order chi connectivity index (χ1) is 13.2. The lowest BCUT2D eigenvalue weighted by Crippen LogP contribution is -2.31. The fourth-order valence-electron chi connectivity index (χ4n) is 2.68. The van der Waals surface area contributed by atoms with Gasteiger partial charge in [-0.25, -0.2) is 13.1 Å². The molecule has 0 aliphatic carbocycles. The predicted molar refractivity (Wildman–Crippen MR) is 113 cm³/mol. The Morgan fingerprint density at radius 3 is 2.39 bits per heavy atom. The molecule has 1 N–H and O–H groups in total. The third-order valence-corrected chi connectivity index (χ3v) is 6.06. The Morgan fingerprint density at radius 1 is 1.14 bits per heavy atom. The molecule has 0 fully saturated rings. The Balaban J connectivity index is 1.97. The van der Waals surface area contributed by atoms with E-state index in [1.807, 2.05) is 41.1 Å². The molecule has 3 rings (SSSR count). The number of sulfonamides is 1. The number of amides is 1. The Bertz CT molecular complexity index is 1090. The number of carbonyl (C=O) groups excluding carboxylic acids is 1. The molecule has 0 radical (unpaired) electrons. The minimum absolute atomic E-state index is 0.205. The van der Waals surface area contributed by atoms with Crippen molar-refractivity contribution in [1.82, 2.24) is 14.5 Å². The van der Waals surface area contributed by atoms with Gasteiger partial charge < -0.3 is 0 Å². The lowest BCUT2D eigenvalue weighted by molar-refractivity contribution is -0.117. The van der Waals surface area contributed by atoms with Crippen LogP contribution in [0.15, 0.2) is 59.2 Å². The summed E-state index contributed by atoms with van der Waals surface area (Å²) < 4.78 is 28.7. The molecular formula is C19H17BrClN3O3S. The Hall–Kier alpha value is -2.16. The van der Waals surface area contributed by atoms with E-state index in [1.165, 1.54) is 6.92 Å². The van der Waals surface area contributed by atoms with E-state index in [9.17, 15) is 13.2 Å². The van der Waals surface area contributed by atoms with Crippen molar-refractivity contribution in [2.75, 3.05) is 5.75 Å². The van der Waals surface area contributed by atoms with E-state index in [-0.39, 0.29) is 12.2 Å². The second kappa shape index (κ2) is 8.46. The van der Waals surface area contributed by atoms with Gasteiger partial charge in [0.05, 0.1) is 17.1 Å². The topological polar surface area (TPSA) is 81.1 Å². The molecule has 0 bridgehead atoms. The van der Waals surface area contributed by atoms with Crippen molar-refractivity contribution in [3.05, 3.63) is 69.8 Å². The van der Waals surface area contributed by atoms with Crippen molar-refractivity contribution in [2.45, 2.75) is 13.3 Å². The van der Waals surface area contributed by atoms with Gasteiger partial charge in [-0.15, -0.1) is 0 Å². The fourth-order valence-corrected chi connectivity index (χ4v) is 4.10. The van der Waals surface area contributed by atoms with E-state index in [0.29, 0.717) is 10.7 Å². The van der Waals surface area contributed by atoms with Gasteiger partial charge >= 0.3 is 0 Å². The van der Waals surface area contributed by atoms with Crippen LogP contribution in [0.3, 0.4) is 0 Å². The number of hydrogen-bond donors (Lipinski definition) is 1. The van der Waals surface area contributed by atoms with Gasteiger partial charge in [0, 0.05) is 28.2 Å². The molecule has 0 saturated carbocycles. The zero-order chi connectivity index (χ0) is 20.3. The molecule has 0 spiro atoms. The Morgan fingerprint density at radius 2 is 1.79 bits per heavy atom. The maximum atomic E-state index is 12.0. The van der Waals surface area contributed by atoms with Crippen LogP contribution in [0.5, 0.6) is 0 Å². The highest BCUT2D eigenvalue weighted by atomic mass is 79.9. The third kappa shape index (κ3) is 5.21. The van der Waals surface area contributed by atoms with Gasteiger partial charge in [-0.1, -0.05) is 39.7 Å². The number of halogens is 2. The number of benzene rings is 2. The van der Waals surface area contributed by atoms with Crippen LogP contribution in [0, 0.1) is 0 Å². The predicted octanol–water partition coefficient (Wildman–Crippen LogP) is 3.96. The summed E-state index contributed by atoms with van der Waals surface area (Å²) in [6, 6.07) is 14.8. The molecule has 28 heavy (non-hydrogen) atoms. The van der Waals surface area contributed by atoms with Gasteiger partial charge in [-0.05, 0) is 48.4 Å². The van der Waals surface area contributed by atoms with Crippen LogP contribution in [-0.4, -0.2) is 29.9 Å². The molecule has 0 atom stereocenters. The highest BCUT2D eigenvalue weighted by Gasteiger charge is 2.17. The van der Waals surface area contributed by atoms with E-state index in [2.05, 4.69) is 21.0 Å². The van der Waals surface area contributed by atoms with Gasteiger partial charge in [0.1, 0.15) is 0 Å². The SMILES string of the molecule is CC(=O)NS(=O)(=O)CCc1cn(-c2ccc(Br)cc2)nc1-c1ccc(Cl)cc1. The average Bonchev–Trinajstić information content (AvgIpc) is 3.04. The molecule has 1 aromatic heterocycles. The van der Waals surface area contributed by atoms with Gasteiger partial charge in [-0.3, -0.25) is 9.52 Å². The van der Waals surface area contributed by atoms with Crippen molar-refractivity contribution < 1.29 is 13.2 Å².